The van der Waals surface area contributed by atoms with E-state index in [2.05, 4.69) is 279 Å². The number of nitrogens with zero attached hydrogens (tertiary/aromatic N) is 6. The maximum Gasteiger partial charge on any atom is 0.218 e. The van der Waals surface area contributed by atoms with Crippen LogP contribution in [0.2, 0.25) is 0 Å². The number of hydrogen-bond acceptors (Lipinski definition) is 3. The van der Waals surface area contributed by atoms with E-state index < -0.39 is 0 Å². The third kappa shape index (κ3) is 10.1. The Morgan fingerprint density at radius 3 is 0.926 bits per heavy atom. The van der Waals surface area contributed by atoms with Crippen molar-refractivity contribution in [2.75, 3.05) is 0 Å². The van der Waals surface area contributed by atoms with Gasteiger partial charge in [-0.3, -0.25) is 0 Å². The van der Waals surface area contributed by atoms with Crippen molar-refractivity contribution in [3.05, 3.63) is 297 Å². The lowest BCUT2D eigenvalue weighted by Gasteiger charge is -2.18. The van der Waals surface area contributed by atoms with Gasteiger partial charge in [0.1, 0.15) is 0 Å². The second kappa shape index (κ2) is 23.1. The molecular weight excluding hydrogens is 1140 g/mol. The third-order valence-corrected chi connectivity index (χ3v) is 19.3. The van der Waals surface area contributed by atoms with Gasteiger partial charge >= 0.3 is 0 Å². The molecule has 0 fully saturated rings. The number of rotatable bonds is 10. The van der Waals surface area contributed by atoms with Gasteiger partial charge in [-0.2, -0.15) is 0 Å². The molecule has 0 spiro atoms. The molecule has 0 radical (unpaired) electrons. The first-order valence-corrected chi connectivity index (χ1v) is 32.5. The van der Waals surface area contributed by atoms with Crippen LogP contribution in [0, 0.1) is 89.7 Å². The first-order valence-electron chi connectivity index (χ1n) is 32.5. The first-order chi connectivity index (χ1) is 45.5. The maximum atomic E-state index is 9.36. The summed E-state index contributed by atoms with van der Waals surface area (Å²) in [5, 5.41) is 4.51. The summed E-state index contributed by atoms with van der Waals surface area (Å²) in [6.07, 6.45) is 0. The van der Waals surface area contributed by atoms with Crippen LogP contribution < -0.4 is 0 Å². The Labute approximate surface area is 551 Å². The molecule has 0 saturated heterocycles. The predicted octanol–water partition coefficient (Wildman–Crippen LogP) is 23.7. The van der Waals surface area contributed by atoms with Gasteiger partial charge in [-0.25, -0.2) is 19.8 Å². The Morgan fingerprint density at radius 2 is 0.585 bits per heavy atom. The molecule has 12 aromatic carbocycles. The van der Waals surface area contributed by atoms with E-state index in [1.165, 1.54) is 100 Å². The van der Waals surface area contributed by atoms with Gasteiger partial charge in [0.2, 0.25) is 5.69 Å². The fourth-order valence-corrected chi connectivity index (χ4v) is 15.8. The molecule has 0 bridgehead atoms. The number of aryl methyl sites for hydroxylation is 12. The molecule has 0 atom stereocenters. The largest absolute Gasteiger partial charge is 0.319 e. The number of hydrogen-bond donors (Lipinski definition) is 0. The van der Waals surface area contributed by atoms with Crippen LogP contribution in [-0.2, 0) is 0 Å². The zero-order valence-electron chi connectivity index (χ0n) is 55.5. The van der Waals surface area contributed by atoms with Gasteiger partial charge in [-0.15, -0.1) is 0 Å². The van der Waals surface area contributed by atoms with E-state index in [1.54, 1.807) is 0 Å². The molecule has 0 aliphatic rings. The quantitative estimate of drug-likeness (QED) is 0.128. The van der Waals surface area contributed by atoms with Gasteiger partial charge in [0.15, 0.2) is 17.5 Å². The molecule has 454 valence electrons. The molecule has 3 heterocycles. The number of benzene rings is 12. The second-order valence-electron chi connectivity index (χ2n) is 26.2. The van der Waals surface area contributed by atoms with E-state index in [4.69, 9.17) is 15.0 Å². The molecule has 0 saturated carbocycles. The van der Waals surface area contributed by atoms with E-state index in [1.807, 2.05) is 36.4 Å². The molecule has 0 amide bonds. The highest BCUT2D eigenvalue weighted by atomic mass is 15.1. The van der Waals surface area contributed by atoms with Crippen LogP contribution >= 0.6 is 0 Å². The zero-order valence-corrected chi connectivity index (χ0v) is 55.5. The highest BCUT2D eigenvalue weighted by molar-refractivity contribution is 6.14. The van der Waals surface area contributed by atoms with Crippen molar-refractivity contribution >= 4 is 49.3 Å². The summed E-state index contributed by atoms with van der Waals surface area (Å²) in [6, 6.07) is 79.4. The average Bonchev–Trinajstić information content (AvgIpc) is 1.54. The summed E-state index contributed by atoms with van der Waals surface area (Å²) in [4.78, 5) is 20.6. The predicted molar refractivity (Wildman–Crippen MR) is 395 cm³/mol. The van der Waals surface area contributed by atoms with Crippen LogP contribution in [0.4, 0.5) is 5.69 Å². The summed E-state index contributed by atoms with van der Waals surface area (Å²) in [6.45, 7) is 35.8. The zero-order chi connectivity index (χ0) is 65.0. The molecule has 0 N–H and O–H groups in total. The number of fused-ring (bicyclic) bond motifs is 6. The molecule has 15 aromatic rings. The van der Waals surface area contributed by atoms with Crippen LogP contribution in [0.25, 0.3) is 150 Å². The molecule has 94 heavy (non-hydrogen) atoms. The smallest absolute Gasteiger partial charge is 0.218 e. The Hall–Kier alpha value is -11.3. The standard InChI is InChI=1S/C88H72N6/c1-50-37-54(5)81(55(6)38-50)65-28-33-75-71(45-65)72-46-66(82-56(7)39-51(2)40-57(82)8)29-34-76(72)93(75)79-26-20-25-69(85(79)89-13)64-27-32-70(88-91-86(62-21-16-14-17-22-62)90-87(92-88)63-23-18-15-19-24-63)80(49-64)94-77-35-30-67(83-58(9)41-52(3)42-59(83)10)47-73(77)74-48-68(31-36-78(74)94)84-60(11)43-53(4)44-61(84)12/h14-49H,1-12H3. The molecule has 0 unspecified atom stereocenters. The fraction of sp³-hybridized carbons (Fsp3) is 0.136. The van der Waals surface area contributed by atoms with Crippen molar-refractivity contribution in [3.8, 4) is 101 Å². The summed E-state index contributed by atoms with van der Waals surface area (Å²) < 4.78 is 4.74. The van der Waals surface area contributed by atoms with Crippen molar-refractivity contribution in [2.24, 2.45) is 0 Å². The summed E-state index contributed by atoms with van der Waals surface area (Å²) in [5.41, 5.74) is 35.3. The Morgan fingerprint density at radius 1 is 0.266 bits per heavy atom. The van der Waals surface area contributed by atoms with E-state index in [-0.39, 0.29) is 0 Å². The molecule has 0 aliphatic heterocycles. The average molecular weight is 1210 g/mol. The Bertz CT molecular complexity index is 5310. The highest BCUT2D eigenvalue weighted by Gasteiger charge is 2.26. The minimum absolute atomic E-state index is 0.532. The van der Waals surface area contributed by atoms with Crippen LogP contribution in [0.5, 0.6) is 0 Å². The Balaban J connectivity index is 1.01. The molecule has 6 heteroatoms. The minimum atomic E-state index is 0.532. The second-order valence-corrected chi connectivity index (χ2v) is 26.2. The number of para-hydroxylation sites is 1. The van der Waals surface area contributed by atoms with Crippen molar-refractivity contribution < 1.29 is 0 Å². The summed E-state index contributed by atoms with van der Waals surface area (Å²) in [7, 11) is 0. The van der Waals surface area contributed by atoms with E-state index >= 15 is 0 Å². The fourth-order valence-electron chi connectivity index (χ4n) is 15.8. The topological polar surface area (TPSA) is 52.9 Å². The molecule has 6 nitrogen and oxygen atoms in total. The SMILES string of the molecule is [C-]#[N+]c1c(-c2ccc(-c3nc(-c4ccccc4)nc(-c4ccccc4)n3)c(-n3c4ccc(-c5c(C)cc(C)cc5C)cc4c4cc(-c5c(C)cc(C)cc5C)ccc43)c2)cccc1-n1c2ccc(-c3c(C)cc(C)cc3C)cc2c2cc(-c3c(C)cc(C)cc3C)ccc21. The van der Waals surface area contributed by atoms with Crippen molar-refractivity contribution in [1.82, 2.24) is 24.1 Å². The van der Waals surface area contributed by atoms with Gasteiger partial charge in [0.05, 0.1) is 40.0 Å². The Kier molecular flexibility index (Phi) is 14.5. The normalized spacial score (nSPS) is 11.6. The summed E-state index contributed by atoms with van der Waals surface area (Å²) in [5.74, 6) is 1.68. The summed E-state index contributed by atoms with van der Waals surface area (Å²) >= 11 is 0. The van der Waals surface area contributed by atoms with Crippen LogP contribution in [0.1, 0.15) is 66.8 Å². The lowest BCUT2D eigenvalue weighted by atomic mass is 9.91. The van der Waals surface area contributed by atoms with E-state index in [0.717, 1.165) is 93.9 Å². The van der Waals surface area contributed by atoms with Crippen molar-refractivity contribution in [3.63, 3.8) is 0 Å². The van der Waals surface area contributed by atoms with E-state index in [0.29, 0.717) is 23.2 Å². The van der Waals surface area contributed by atoms with Gasteiger partial charge < -0.3 is 9.13 Å². The van der Waals surface area contributed by atoms with E-state index in [9.17, 15) is 6.57 Å². The van der Waals surface area contributed by atoms with Gasteiger partial charge in [0, 0.05) is 38.2 Å². The van der Waals surface area contributed by atoms with Crippen LogP contribution in [-0.4, -0.2) is 24.1 Å². The third-order valence-electron chi connectivity index (χ3n) is 19.3. The van der Waals surface area contributed by atoms with Gasteiger partial charge in [0.25, 0.3) is 0 Å². The maximum absolute atomic E-state index is 9.36. The lowest BCUT2D eigenvalue weighted by Crippen LogP contribution is -2.04. The highest BCUT2D eigenvalue weighted by Crippen LogP contribution is 2.47. The van der Waals surface area contributed by atoms with Gasteiger partial charge in [-0.1, -0.05) is 174 Å². The minimum Gasteiger partial charge on any atom is -0.319 e. The van der Waals surface area contributed by atoms with Crippen molar-refractivity contribution in [2.45, 2.75) is 83.1 Å². The number of aromatic nitrogens is 5. The van der Waals surface area contributed by atoms with Crippen molar-refractivity contribution in [1.29, 1.82) is 0 Å². The first kappa shape index (κ1) is 59.1. The van der Waals surface area contributed by atoms with Crippen LogP contribution in [0.3, 0.4) is 0 Å². The monoisotopic (exact) mass is 1210 g/mol. The van der Waals surface area contributed by atoms with Crippen LogP contribution in [0.15, 0.2) is 218 Å². The lowest BCUT2D eigenvalue weighted by molar-refractivity contribution is 1.06. The van der Waals surface area contributed by atoms with Gasteiger partial charge in [-0.05, 0) is 250 Å². The molecule has 15 rings (SSSR count). The molecule has 0 aliphatic carbocycles. The molecule has 3 aromatic heterocycles. The molecular formula is C88H72N6.